The van der Waals surface area contributed by atoms with Gasteiger partial charge >= 0.3 is 0 Å². The van der Waals surface area contributed by atoms with E-state index in [1.54, 1.807) is 20.0 Å². The van der Waals surface area contributed by atoms with Gasteiger partial charge in [-0.2, -0.15) is 0 Å². The van der Waals surface area contributed by atoms with Crippen LogP contribution in [0.25, 0.3) is 16.6 Å². The van der Waals surface area contributed by atoms with Crippen molar-refractivity contribution < 1.29 is 22.8 Å². The van der Waals surface area contributed by atoms with Crippen LogP contribution < -0.4 is 10.2 Å². The summed E-state index contributed by atoms with van der Waals surface area (Å²) < 4.78 is 43.3. The van der Waals surface area contributed by atoms with Crippen LogP contribution in [0.2, 0.25) is 0 Å². The Morgan fingerprint density at radius 2 is 1.77 bits per heavy atom. The van der Waals surface area contributed by atoms with E-state index in [0.29, 0.717) is 49.3 Å². The molecule has 1 aliphatic carbocycles. The van der Waals surface area contributed by atoms with Crippen molar-refractivity contribution in [2.24, 2.45) is 5.92 Å². The molecule has 3 saturated heterocycles. The predicted molar refractivity (Wildman–Crippen MR) is 159 cm³/mol. The minimum absolute atomic E-state index is 0.0250. The van der Waals surface area contributed by atoms with Crippen molar-refractivity contribution in [2.45, 2.75) is 71.0 Å². The standard InChI is InChI=1S/C32H39F3N6O2/c1-19(2)40(18-29(34)35)31(42)27-14-22(33)6-9-25(27)26-15-24(17-41-20(3)36-16-28(26)41)38-10-12-39(13-11-38)32(43)30-21-4-7-23(37-30)8-5-21/h6,9,14-17,19,21,23,29-30,37H,4-5,7-8,10-13,18H2,1-3H3. The highest BCUT2D eigenvalue weighted by molar-refractivity contribution is 6.03. The number of halogens is 3. The van der Waals surface area contributed by atoms with E-state index < -0.39 is 30.7 Å². The lowest BCUT2D eigenvalue weighted by molar-refractivity contribution is -0.137. The first-order valence-electron chi connectivity index (χ1n) is 15.3. The van der Waals surface area contributed by atoms with Crippen LogP contribution in [-0.4, -0.2) is 88.3 Å². The fourth-order valence-corrected chi connectivity index (χ4v) is 7.02. The summed E-state index contributed by atoms with van der Waals surface area (Å²) in [5.41, 5.74) is 2.73. The Hall–Kier alpha value is -3.60. The summed E-state index contributed by atoms with van der Waals surface area (Å²) in [5, 5.41) is 3.57. The second-order valence-electron chi connectivity index (χ2n) is 12.4. The Kier molecular flexibility index (Phi) is 8.10. The molecule has 0 radical (unpaired) electrons. The number of nitrogens with one attached hydrogen (secondary N) is 1. The number of amides is 2. The average Bonchev–Trinajstić information content (AvgIpc) is 3.39. The predicted octanol–water partition coefficient (Wildman–Crippen LogP) is 4.74. The van der Waals surface area contributed by atoms with Gasteiger partial charge in [0.05, 0.1) is 35.6 Å². The van der Waals surface area contributed by atoms with Gasteiger partial charge in [-0.05, 0) is 76.1 Å². The quantitative estimate of drug-likeness (QED) is 0.427. The lowest BCUT2D eigenvalue weighted by Crippen LogP contribution is -2.61. The number of imidazole rings is 1. The second-order valence-corrected chi connectivity index (χ2v) is 12.4. The van der Waals surface area contributed by atoms with E-state index in [4.69, 9.17) is 0 Å². The molecule has 4 fully saturated rings. The average molecular weight is 597 g/mol. The van der Waals surface area contributed by atoms with Gasteiger partial charge in [0.1, 0.15) is 11.6 Å². The van der Waals surface area contributed by atoms with Gasteiger partial charge in [0.2, 0.25) is 5.91 Å². The number of rotatable bonds is 7. The third kappa shape index (κ3) is 5.71. The number of aryl methyl sites for hydroxylation is 1. The maximum absolute atomic E-state index is 14.5. The molecule has 43 heavy (non-hydrogen) atoms. The first-order chi connectivity index (χ1) is 20.6. The van der Waals surface area contributed by atoms with Crippen LogP contribution in [0, 0.1) is 18.7 Å². The number of pyridine rings is 1. The number of hydrogen-bond donors (Lipinski definition) is 1. The van der Waals surface area contributed by atoms with Gasteiger partial charge in [0.25, 0.3) is 12.3 Å². The molecule has 3 aromatic rings. The number of nitrogens with zero attached hydrogens (tertiary/aromatic N) is 5. The Balaban J connectivity index is 1.30. The summed E-state index contributed by atoms with van der Waals surface area (Å²) in [4.78, 5) is 36.8. The summed E-state index contributed by atoms with van der Waals surface area (Å²) in [7, 11) is 0. The van der Waals surface area contributed by atoms with Gasteiger partial charge in [-0.15, -0.1) is 0 Å². The number of aromatic nitrogens is 2. The highest BCUT2D eigenvalue weighted by Gasteiger charge is 2.41. The van der Waals surface area contributed by atoms with E-state index in [1.807, 2.05) is 28.5 Å². The number of benzene rings is 1. The highest BCUT2D eigenvalue weighted by atomic mass is 19.3. The van der Waals surface area contributed by atoms with Crippen molar-refractivity contribution in [3.63, 3.8) is 0 Å². The third-order valence-electron chi connectivity index (χ3n) is 9.41. The van der Waals surface area contributed by atoms with Crippen molar-refractivity contribution in [1.82, 2.24) is 24.5 Å². The number of anilines is 1. The first-order valence-corrected chi connectivity index (χ1v) is 15.3. The van der Waals surface area contributed by atoms with Crippen molar-refractivity contribution in [3.8, 4) is 11.1 Å². The molecule has 1 unspecified atom stereocenters. The summed E-state index contributed by atoms with van der Waals surface area (Å²) in [6, 6.07) is 5.76. The SMILES string of the molecule is Cc1ncc2c(-c3ccc(F)cc3C(=O)N(CC(F)F)C(C)C)cc(N3CCN(C(=O)C4NC5CCC4CC5)CC3)cn12. The van der Waals surface area contributed by atoms with Gasteiger partial charge < -0.3 is 24.4 Å². The zero-order valence-electron chi connectivity index (χ0n) is 24.9. The molecule has 1 atom stereocenters. The molecule has 0 spiro atoms. The molecule has 1 aromatic carbocycles. The van der Waals surface area contributed by atoms with Crippen molar-refractivity contribution >= 4 is 23.0 Å². The second kappa shape index (κ2) is 11.8. The van der Waals surface area contributed by atoms with E-state index in [9.17, 15) is 22.8 Å². The monoisotopic (exact) mass is 596 g/mol. The van der Waals surface area contributed by atoms with Crippen LogP contribution in [-0.2, 0) is 4.79 Å². The number of hydrogen-bond acceptors (Lipinski definition) is 5. The van der Waals surface area contributed by atoms with Crippen LogP contribution in [0.5, 0.6) is 0 Å². The molecular formula is C32H39F3N6O2. The molecular weight excluding hydrogens is 557 g/mol. The van der Waals surface area contributed by atoms with E-state index >= 15 is 0 Å². The maximum Gasteiger partial charge on any atom is 0.255 e. The minimum atomic E-state index is -2.72. The number of piperidine rings is 2. The van der Waals surface area contributed by atoms with E-state index in [1.165, 1.54) is 12.1 Å². The number of alkyl halides is 2. The van der Waals surface area contributed by atoms with Crippen LogP contribution in [0.4, 0.5) is 18.9 Å². The lowest BCUT2D eigenvalue weighted by atomic mass is 9.76. The molecule has 2 amide bonds. The molecule has 2 bridgehead atoms. The Morgan fingerprint density at radius 3 is 2.40 bits per heavy atom. The molecule has 3 aliphatic heterocycles. The summed E-state index contributed by atoms with van der Waals surface area (Å²) >= 11 is 0. The molecule has 2 aromatic heterocycles. The van der Waals surface area contributed by atoms with Crippen molar-refractivity contribution in [2.75, 3.05) is 37.6 Å². The van der Waals surface area contributed by atoms with Crippen LogP contribution in [0.15, 0.2) is 36.7 Å². The molecule has 5 heterocycles. The number of carbonyl (C=O) groups excluding carboxylic acids is 2. The Bertz CT molecular complexity index is 1510. The van der Waals surface area contributed by atoms with Gasteiger partial charge in [0.15, 0.2) is 0 Å². The lowest BCUT2D eigenvalue weighted by Gasteiger charge is -2.45. The molecule has 4 aliphatic rings. The normalized spacial score (nSPS) is 22.2. The Morgan fingerprint density at radius 1 is 1.05 bits per heavy atom. The largest absolute Gasteiger partial charge is 0.367 e. The van der Waals surface area contributed by atoms with E-state index in [-0.39, 0.29) is 17.5 Å². The van der Waals surface area contributed by atoms with E-state index in [2.05, 4.69) is 15.2 Å². The van der Waals surface area contributed by atoms with Gasteiger partial charge in [-0.1, -0.05) is 6.07 Å². The Labute approximate surface area is 249 Å². The van der Waals surface area contributed by atoms with Gasteiger partial charge in [-0.25, -0.2) is 18.2 Å². The maximum atomic E-state index is 14.5. The molecule has 1 saturated carbocycles. The summed E-state index contributed by atoms with van der Waals surface area (Å²) in [6.45, 7) is 6.93. The fraction of sp³-hybridized carbons (Fsp3) is 0.531. The van der Waals surface area contributed by atoms with E-state index in [0.717, 1.165) is 53.7 Å². The number of piperazine rings is 1. The van der Waals surface area contributed by atoms with Crippen LogP contribution in [0.1, 0.15) is 55.7 Å². The smallest absolute Gasteiger partial charge is 0.255 e. The first kappa shape index (κ1) is 29.5. The summed E-state index contributed by atoms with van der Waals surface area (Å²) in [5.74, 6) is 0.0861. The molecule has 8 nitrogen and oxygen atoms in total. The third-order valence-corrected chi connectivity index (χ3v) is 9.41. The zero-order chi connectivity index (χ0) is 30.4. The van der Waals surface area contributed by atoms with Gasteiger partial charge in [-0.3, -0.25) is 9.59 Å². The minimum Gasteiger partial charge on any atom is -0.367 e. The number of carbonyl (C=O) groups is 2. The summed E-state index contributed by atoms with van der Waals surface area (Å²) in [6.07, 6.45) is 5.52. The molecule has 11 heteroatoms. The van der Waals surface area contributed by atoms with Crippen LogP contribution in [0.3, 0.4) is 0 Å². The van der Waals surface area contributed by atoms with Gasteiger partial charge in [0, 0.05) is 50.0 Å². The number of fused-ring (bicyclic) bond motifs is 4. The van der Waals surface area contributed by atoms with Crippen molar-refractivity contribution in [1.29, 1.82) is 0 Å². The molecule has 1 N–H and O–H groups in total. The zero-order valence-corrected chi connectivity index (χ0v) is 24.9. The molecule has 7 rings (SSSR count). The molecule has 230 valence electrons. The topological polar surface area (TPSA) is 73.2 Å². The van der Waals surface area contributed by atoms with Crippen molar-refractivity contribution in [3.05, 3.63) is 53.9 Å². The fourth-order valence-electron chi connectivity index (χ4n) is 7.02. The van der Waals surface area contributed by atoms with Crippen LogP contribution >= 0.6 is 0 Å². The highest BCUT2D eigenvalue weighted by Crippen LogP contribution is 2.36.